The van der Waals surface area contributed by atoms with Crippen molar-refractivity contribution >= 4 is 28.9 Å². The highest BCUT2D eigenvalue weighted by molar-refractivity contribution is 5.96. The minimum atomic E-state index is -0.732. The molecule has 2 heterocycles. The molecule has 2 amide bonds. The van der Waals surface area contributed by atoms with E-state index in [2.05, 4.69) is 20.8 Å². The first-order chi connectivity index (χ1) is 15.1. The number of rotatable bonds is 6. The maximum absolute atomic E-state index is 12.7. The van der Waals surface area contributed by atoms with E-state index in [-0.39, 0.29) is 24.5 Å². The molecule has 0 bridgehead atoms. The van der Waals surface area contributed by atoms with Gasteiger partial charge in [0.2, 0.25) is 0 Å². The summed E-state index contributed by atoms with van der Waals surface area (Å²) in [5.41, 5.74) is 2.07. The Morgan fingerprint density at radius 3 is 2.65 bits per heavy atom. The van der Waals surface area contributed by atoms with Crippen LogP contribution >= 0.6 is 0 Å². The van der Waals surface area contributed by atoms with E-state index >= 15 is 0 Å². The Labute approximate surface area is 177 Å². The van der Waals surface area contributed by atoms with E-state index in [9.17, 15) is 14.4 Å². The van der Waals surface area contributed by atoms with Gasteiger partial charge >= 0.3 is 18.0 Å². The van der Waals surface area contributed by atoms with Crippen LogP contribution < -0.4 is 10.6 Å². The average molecular weight is 420 g/mol. The van der Waals surface area contributed by atoms with Crippen molar-refractivity contribution in [3.8, 4) is 0 Å². The maximum Gasteiger partial charge on any atom is 0.338 e. The lowest BCUT2D eigenvalue weighted by Gasteiger charge is -2.29. The predicted molar refractivity (Wildman–Crippen MR) is 111 cm³/mol. The molecule has 0 saturated heterocycles. The molecule has 0 spiro atoms. The van der Waals surface area contributed by atoms with Crippen LogP contribution in [0.3, 0.4) is 0 Å². The number of urea groups is 1. The fourth-order valence-corrected chi connectivity index (χ4v) is 3.36. The van der Waals surface area contributed by atoms with E-state index in [0.717, 1.165) is 5.39 Å². The molecular formula is C22H20N4O5. The largest absolute Gasteiger partial charge is 0.463 e. The zero-order chi connectivity index (χ0) is 21.8. The van der Waals surface area contributed by atoms with Gasteiger partial charge in [-0.1, -0.05) is 36.4 Å². The number of nitrogens with zero attached hydrogens (tertiary/aromatic N) is 1. The number of hydrogen-bond donors (Lipinski definition) is 3. The van der Waals surface area contributed by atoms with Gasteiger partial charge < -0.3 is 20.1 Å². The van der Waals surface area contributed by atoms with Gasteiger partial charge in [-0.25, -0.2) is 14.4 Å². The topological polar surface area (TPSA) is 122 Å². The molecule has 1 aromatic heterocycles. The van der Waals surface area contributed by atoms with Gasteiger partial charge in [-0.2, -0.15) is 5.10 Å². The summed E-state index contributed by atoms with van der Waals surface area (Å²) in [6.07, 6.45) is 1.65. The monoisotopic (exact) mass is 420 g/mol. The summed E-state index contributed by atoms with van der Waals surface area (Å²) in [6, 6.07) is 12.8. The van der Waals surface area contributed by atoms with Crippen molar-refractivity contribution in [1.82, 2.24) is 20.8 Å². The summed E-state index contributed by atoms with van der Waals surface area (Å²) in [6.45, 7) is 1.55. The number of ether oxygens (including phenoxy) is 2. The van der Waals surface area contributed by atoms with Crippen molar-refractivity contribution in [1.29, 1.82) is 0 Å². The molecule has 0 radical (unpaired) electrons. The SMILES string of the molecule is CCOC(=O)C1=C(COC(=O)c2ccc3cn[nH]c3c2)NC(=O)NC1c1ccccc1. The van der Waals surface area contributed by atoms with E-state index in [0.29, 0.717) is 16.6 Å². The number of H-pyrrole nitrogens is 1. The first-order valence-corrected chi connectivity index (χ1v) is 9.69. The first-order valence-electron chi connectivity index (χ1n) is 9.69. The predicted octanol–water partition coefficient (Wildman–Crippen LogP) is 2.59. The lowest BCUT2D eigenvalue weighted by molar-refractivity contribution is -0.139. The molecule has 0 fully saturated rings. The van der Waals surface area contributed by atoms with E-state index in [1.54, 1.807) is 55.6 Å². The van der Waals surface area contributed by atoms with Crippen molar-refractivity contribution in [2.45, 2.75) is 13.0 Å². The zero-order valence-electron chi connectivity index (χ0n) is 16.7. The summed E-state index contributed by atoms with van der Waals surface area (Å²) in [4.78, 5) is 37.5. The Hall–Kier alpha value is -4.14. The molecule has 1 unspecified atom stereocenters. The van der Waals surface area contributed by atoms with Gasteiger partial charge in [0.25, 0.3) is 0 Å². The van der Waals surface area contributed by atoms with Gasteiger partial charge in [-0.15, -0.1) is 0 Å². The minimum Gasteiger partial charge on any atom is -0.463 e. The molecule has 9 heteroatoms. The Bertz CT molecular complexity index is 1170. The lowest BCUT2D eigenvalue weighted by Crippen LogP contribution is -2.47. The van der Waals surface area contributed by atoms with E-state index < -0.39 is 24.0 Å². The molecule has 158 valence electrons. The first kappa shape index (κ1) is 20.1. The Balaban J connectivity index is 1.62. The van der Waals surface area contributed by atoms with Gasteiger partial charge in [0.05, 0.1) is 41.2 Å². The van der Waals surface area contributed by atoms with E-state index in [1.807, 2.05) is 6.07 Å². The van der Waals surface area contributed by atoms with Crippen LogP contribution in [0.2, 0.25) is 0 Å². The van der Waals surface area contributed by atoms with Crippen LogP contribution in [0.4, 0.5) is 4.79 Å². The fraction of sp³-hybridized carbons (Fsp3) is 0.182. The summed E-state index contributed by atoms with van der Waals surface area (Å²) in [7, 11) is 0. The number of fused-ring (bicyclic) bond motifs is 1. The van der Waals surface area contributed by atoms with Crippen molar-refractivity contribution < 1.29 is 23.9 Å². The summed E-state index contributed by atoms with van der Waals surface area (Å²) in [5.74, 6) is -1.20. The number of aromatic amines is 1. The average Bonchev–Trinajstić information content (AvgIpc) is 3.25. The zero-order valence-corrected chi connectivity index (χ0v) is 16.7. The smallest absolute Gasteiger partial charge is 0.338 e. The van der Waals surface area contributed by atoms with Crippen LogP contribution in [-0.2, 0) is 14.3 Å². The van der Waals surface area contributed by atoms with Gasteiger partial charge in [0.1, 0.15) is 6.61 Å². The highest BCUT2D eigenvalue weighted by atomic mass is 16.5. The quantitative estimate of drug-likeness (QED) is 0.527. The molecule has 0 aliphatic carbocycles. The second-order valence-corrected chi connectivity index (χ2v) is 6.80. The number of carbonyl (C=O) groups is 3. The van der Waals surface area contributed by atoms with Crippen LogP contribution in [0.5, 0.6) is 0 Å². The number of amides is 2. The molecular weight excluding hydrogens is 400 g/mol. The number of benzene rings is 2. The van der Waals surface area contributed by atoms with Crippen molar-refractivity contribution in [3.63, 3.8) is 0 Å². The number of esters is 2. The van der Waals surface area contributed by atoms with Crippen molar-refractivity contribution in [2.24, 2.45) is 0 Å². The Morgan fingerprint density at radius 1 is 1.06 bits per heavy atom. The van der Waals surface area contributed by atoms with Crippen LogP contribution in [0.25, 0.3) is 10.9 Å². The molecule has 31 heavy (non-hydrogen) atoms. The Kier molecular flexibility index (Phi) is 5.65. The van der Waals surface area contributed by atoms with Gasteiger partial charge in [-0.05, 0) is 24.6 Å². The third-order valence-electron chi connectivity index (χ3n) is 4.81. The molecule has 1 aliphatic heterocycles. The second-order valence-electron chi connectivity index (χ2n) is 6.80. The summed E-state index contributed by atoms with van der Waals surface area (Å²) in [5, 5.41) is 12.9. The maximum atomic E-state index is 12.7. The van der Waals surface area contributed by atoms with Crippen LogP contribution in [0.15, 0.2) is 66.0 Å². The third-order valence-corrected chi connectivity index (χ3v) is 4.81. The van der Waals surface area contributed by atoms with Gasteiger partial charge in [0.15, 0.2) is 0 Å². The molecule has 4 rings (SSSR count). The molecule has 0 saturated carbocycles. The highest BCUT2D eigenvalue weighted by Gasteiger charge is 2.34. The van der Waals surface area contributed by atoms with Crippen molar-refractivity contribution in [2.75, 3.05) is 13.2 Å². The molecule has 9 nitrogen and oxygen atoms in total. The van der Waals surface area contributed by atoms with E-state index in [4.69, 9.17) is 9.47 Å². The highest BCUT2D eigenvalue weighted by Crippen LogP contribution is 2.28. The van der Waals surface area contributed by atoms with Gasteiger partial charge in [0, 0.05) is 5.39 Å². The number of carbonyl (C=O) groups excluding carboxylic acids is 3. The molecule has 1 atom stereocenters. The lowest BCUT2D eigenvalue weighted by atomic mass is 9.95. The molecule has 3 aromatic rings. The van der Waals surface area contributed by atoms with E-state index in [1.165, 1.54) is 0 Å². The minimum absolute atomic E-state index is 0.162. The molecule has 1 aliphatic rings. The van der Waals surface area contributed by atoms with Crippen LogP contribution in [0, 0.1) is 0 Å². The Morgan fingerprint density at radius 2 is 1.87 bits per heavy atom. The fourth-order valence-electron chi connectivity index (χ4n) is 3.36. The van der Waals surface area contributed by atoms with Crippen molar-refractivity contribution in [3.05, 3.63) is 77.1 Å². The number of aromatic nitrogens is 2. The van der Waals surface area contributed by atoms with Gasteiger partial charge in [-0.3, -0.25) is 5.10 Å². The normalized spacial score (nSPS) is 15.9. The summed E-state index contributed by atoms with van der Waals surface area (Å²) >= 11 is 0. The van der Waals surface area contributed by atoms with Crippen LogP contribution in [0.1, 0.15) is 28.9 Å². The third kappa shape index (κ3) is 4.25. The molecule has 2 aromatic carbocycles. The number of nitrogens with one attached hydrogen (secondary N) is 3. The summed E-state index contributed by atoms with van der Waals surface area (Å²) < 4.78 is 10.6. The standard InChI is InChI=1S/C22H20N4O5/c1-2-30-21(28)18-17(24-22(29)25-19(18)13-6-4-3-5-7-13)12-31-20(27)14-8-9-15-11-23-26-16(15)10-14/h3-11,19H,2,12H2,1H3,(H,23,26)(H2,24,25,29). The number of hydrogen-bond acceptors (Lipinski definition) is 6. The van der Waals surface area contributed by atoms with Crippen LogP contribution in [-0.4, -0.2) is 41.4 Å². The molecule has 3 N–H and O–H groups in total. The second kappa shape index (κ2) is 8.70.